The maximum Gasteiger partial charge on any atom is 0.123 e. The highest BCUT2D eigenvalue weighted by Gasteiger charge is 2.40. The van der Waals surface area contributed by atoms with Crippen LogP contribution in [0.15, 0.2) is 18.2 Å². The molecule has 18 heavy (non-hydrogen) atoms. The van der Waals surface area contributed by atoms with Crippen LogP contribution in [0.1, 0.15) is 44.4 Å². The second-order valence-electron chi connectivity index (χ2n) is 5.91. The molecule has 1 fully saturated rings. The molecule has 0 bridgehead atoms. The molecule has 1 aromatic rings. The van der Waals surface area contributed by atoms with Crippen molar-refractivity contribution < 1.29 is 4.74 Å². The van der Waals surface area contributed by atoms with E-state index >= 15 is 0 Å². The summed E-state index contributed by atoms with van der Waals surface area (Å²) in [5.74, 6) is 2.78. The summed E-state index contributed by atoms with van der Waals surface area (Å²) in [6, 6.07) is 7.30. The summed E-state index contributed by atoms with van der Waals surface area (Å²) in [4.78, 5) is 0. The number of fused-ring (bicyclic) bond motifs is 1. The molecule has 0 radical (unpaired) electrons. The van der Waals surface area contributed by atoms with Crippen molar-refractivity contribution in [1.29, 1.82) is 0 Å². The summed E-state index contributed by atoms with van der Waals surface area (Å²) >= 11 is 0. The highest BCUT2D eigenvalue weighted by atomic mass is 16.5. The van der Waals surface area contributed by atoms with E-state index in [1.165, 1.54) is 17.5 Å². The molecule has 1 aliphatic carbocycles. The maximum absolute atomic E-state index is 5.78. The van der Waals surface area contributed by atoms with Crippen LogP contribution in [-0.2, 0) is 6.42 Å². The molecule has 0 aromatic heterocycles. The molecule has 0 amide bonds. The van der Waals surface area contributed by atoms with Gasteiger partial charge in [0.2, 0.25) is 0 Å². The van der Waals surface area contributed by atoms with Crippen molar-refractivity contribution in [2.24, 2.45) is 11.8 Å². The Bertz CT molecular complexity index is 443. The molecule has 2 aliphatic rings. The van der Waals surface area contributed by atoms with Gasteiger partial charge in [0.25, 0.3) is 0 Å². The lowest BCUT2D eigenvalue weighted by molar-refractivity contribution is 0.254. The fraction of sp³-hybridized carbons (Fsp3) is 0.625. The van der Waals surface area contributed by atoms with E-state index in [4.69, 9.17) is 4.74 Å². The van der Waals surface area contributed by atoms with Crippen LogP contribution >= 0.6 is 0 Å². The summed E-state index contributed by atoms with van der Waals surface area (Å²) < 4.78 is 5.78. The van der Waals surface area contributed by atoms with E-state index in [1.54, 1.807) is 0 Å². The van der Waals surface area contributed by atoms with Crippen molar-refractivity contribution >= 4 is 0 Å². The molecular weight excluding hydrogens is 222 g/mol. The van der Waals surface area contributed by atoms with Gasteiger partial charge >= 0.3 is 0 Å². The molecule has 4 unspecified atom stereocenters. The lowest BCUT2D eigenvalue weighted by atomic mass is 9.97. The lowest BCUT2D eigenvalue weighted by Crippen LogP contribution is -2.23. The van der Waals surface area contributed by atoms with Crippen LogP contribution in [0.25, 0.3) is 0 Å². The Morgan fingerprint density at radius 3 is 2.83 bits per heavy atom. The van der Waals surface area contributed by atoms with Crippen LogP contribution in [0, 0.1) is 11.8 Å². The summed E-state index contributed by atoms with van der Waals surface area (Å²) in [5.41, 5.74) is 2.83. The third-order valence-electron chi connectivity index (χ3n) is 4.30. The Kier molecular flexibility index (Phi) is 3.06. The fourth-order valence-electron chi connectivity index (χ4n) is 3.19. The van der Waals surface area contributed by atoms with Gasteiger partial charge in [0.05, 0.1) is 0 Å². The molecule has 1 N–H and O–H groups in total. The molecule has 1 saturated carbocycles. The maximum atomic E-state index is 5.78. The van der Waals surface area contributed by atoms with Crippen molar-refractivity contribution in [3.8, 4) is 5.75 Å². The smallest absolute Gasteiger partial charge is 0.123 e. The Labute approximate surface area is 110 Å². The second-order valence-corrected chi connectivity index (χ2v) is 5.91. The molecule has 2 heteroatoms. The number of rotatable bonds is 4. The van der Waals surface area contributed by atoms with Gasteiger partial charge in [0.1, 0.15) is 11.9 Å². The molecule has 4 atom stereocenters. The highest BCUT2D eigenvalue weighted by Crippen LogP contribution is 2.47. The number of hydrogen-bond donors (Lipinski definition) is 1. The minimum atomic E-state index is 0.340. The van der Waals surface area contributed by atoms with E-state index in [-0.39, 0.29) is 0 Å². The molecular formula is C16H23NO. The average molecular weight is 245 g/mol. The van der Waals surface area contributed by atoms with Gasteiger partial charge < -0.3 is 10.1 Å². The minimum Gasteiger partial charge on any atom is -0.490 e. The first-order valence-corrected chi connectivity index (χ1v) is 7.22. The van der Waals surface area contributed by atoms with Gasteiger partial charge in [-0.2, -0.15) is 0 Å². The number of benzene rings is 1. The van der Waals surface area contributed by atoms with Crippen molar-refractivity contribution in [3.05, 3.63) is 29.3 Å². The number of nitrogens with one attached hydrogen (secondary N) is 1. The molecule has 0 saturated heterocycles. The van der Waals surface area contributed by atoms with Crippen molar-refractivity contribution in [3.63, 3.8) is 0 Å². The predicted molar refractivity (Wildman–Crippen MR) is 73.9 cm³/mol. The Balaban J connectivity index is 1.84. The minimum absolute atomic E-state index is 0.340. The number of ether oxygens (including phenoxy) is 1. The quantitative estimate of drug-likeness (QED) is 0.878. The molecule has 1 heterocycles. The van der Waals surface area contributed by atoms with Crippen LogP contribution in [0.2, 0.25) is 0 Å². The standard InChI is InChI=1S/C16H23NO/c1-4-17-16(14-7-10(14)2)12-5-6-15-13(9-12)8-11(3)18-15/h5-6,9-11,14,16-17H,4,7-8H2,1-3H3. The summed E-state index contributed by atoms with van der Waals surface area (Å²) in [5, 5.41) is 3.65. The second kappa shape index (κ2) is 4.58. The van der Waals surface area contributed by atoms with E-state index in [0.29, 0.717) is 12.1 Å². The van der Waals surface area contributed by atoms with E-state index in [9.17, 15) is 0 Å². The van der Waals surface area contributed by atoms with E-state index in [0.717, 1.165) is 30.6 Å². The molecule has 1 aromatic carbocycles. The Hall–Kier alpha value is -1.02. The van der Waals surface area contributed by atoms with Gasteiger partial charge in [-0.3, -0.25) is 0 Å². The van der Waals surface area contributed by atoms with Crippen LogP contribution in [0.3, 0.4) is 0 Å². The monoisotopic (exact) mass is 245 g/mol. The van der Waals surface area contributed by atoms with Gasteiger partial charge in [0, 0.05) is 12.5 Å². The zero-order valence-electron chi connectivity index (χ0n) is 11.6. The van der Waals surface area contributed by atoms with Gasteiger partial charge in [-0.05, 0) is 48.9 Å². The number of hydrogen-bond acceptors (Lipinski definition) is 2. The van der Waals surface area contributed by atoms with E-state index < -0.39 is 0 Å². The molecule has 0 spiro atoms. The van der Waals surface area contributed by atoms with E-state index in [1.807, 2.05) is 0 Å². The molecule has 98 valence electrons. The van der Waals surface area contributed by atoms with Gasteiger partial charge in [0.15, 0.2) is 0 Å². The first-order chi connectivity index (χ1) is 8.69. The van der Waals surface area contributed by atoms with Crippen LogP contribution < -0.4 is 10.1 Å². The van der Waals surface area contributed by atoms with Crippen molar-refractivity contribution in [2.75, 3.05) is 6.54 Å². The van der Waals surface area contributed by atoms with Crippen molar-refractivity contribution in [1.82, 2.24) is 5.32 Å². The molecule has 2 nitrogen and oxygen atoms in total. The fourth-order valence-corrected chi connectivity index (χ4v) is 3.19. The normalized spacial score (nSPS) is 30.7. The van der Waals surface area contributed by atoms with Crippen LogP contribution in [-0.4, -0.2) is 12.6 Å². The van der Waals surface area contributed by atoms with Gasteiger partial charge in [-0.25, -0.2) is 0 Å². The topological polar surface area (TPSA) is 21.3 Å². The third-order valence-corrected chi connectivity index (χ3v) is 4.30. The van der Waals surface area contributed by atoms with Crippen LogP contribution in [0.5, 0.6) is 5.75 Å². The van der Waals surface area contributed by atoms with E-state index in [2.05, 4.69) is 44.3 Å². The zero-order valence-corrected chi connectivity index (χ0v) is 11.6. The average Bonchev–Trinajstić information content (AvgIpc) is 2.93. The van der Waals surface area contributed by atoms with Gasteiger partial charge in [-0.15, -0.1) is 0 Å². The SMILES string of the molecule is CCNC(c1ccc2c(c1)CC(C)O2)C1CC1C. The van der Waals surface area contributed by atoms with Crippen molar-refractivity contribution in [2.45, 2.75) is 45.8 Å². The third kappa shape index (κ3) is 2.14. The summed E-state index contributed by atoms with van der Waals surface area (Å²) in [7, 11) is 0. The Morgan fingerprint density at radius 1 is 1.39 bits per heavy atom. The highest BCUT2D eigenvalue weighted by molar-refractivity contribution is 5.42. The lowest BCUT2D eigenvalue weighted by Gasteiger charge is -2.19. The molecule has 1 aliphatic heterocycles. The summed E-state index contributed by atoms with van der Waals surface area (Å²) in [6.07, 6.45) is 2.76. The van der Waals surface area contributed by atoms with Gasteiger partial charge in [-0.1, -0.05) is 26.0 Å². The Morgan fingerprint density at radius 2 is 2.17 bits per heavy atom. The molecule has 3 rings (SSSR count). The predicted octanol–water partition coefficient (Wildman–Crippen LogP) is 3.32. The zero-order chi connectivity index (χ0) is 12.7. The van der Waals surface area contributed by atoms with Crippen LogP contribution in [0.4, 0.5) is 0 Å². The first-order valence-electron chi connectivity index (χ1n) is 7.22. The summed E-state index contributed by atoms with van der Waals surface area (Å²) in [6.45, 7) is 7.73. The first kappa shape index (κ1) is 12.0. The largest absolute Gasteiger partial charge is 0.490 e.